The van der Waals surface area contributed by atoms with Crippen molar-refractivity contribution in [3.8, 4) is 0 Å². The van der Waals surface area contributed by atoms with Gasteiger partial charge in [-0.2, -0.15) is 0 Å². The average Bonchev–Trinajstić information content (AvgIpc) is 2.91. The fourth-order valence-corrected chi connectivity index (χ4v) is 4.73. The third kappa shape index (κ3) is 1.67. The second-order valence-electron chi connectivity index (χ2n) is 7.36. The van der Waals surface area contributed by atoms with Crippen molar-refractivity contribution in [2.45, 2.75) is 65.0 Å². The summed E-state index contributed by atoms with van der Waals surface area (Å²) in [6, 6.07) is 1.50. The smallest absolute Gasteiger partial charge is 0.0193 e. The molecule has 2 aliphatic carbocycles. The minimum Gasteiger partial charge on any atom is -0.313 e. The molecule has 3 rings (SSSR count). The predicted molar refractivity (Wildman–Crippen MR) is 72.0 cm³/mol. The molecule has 1 saturated heterocycles. The monoisotopic (exact) mass is 236 g/mol. The lowest BCUT2D eigenvalue weighted by Crippen LogP contribution is -2.48. The van der Waals surface area contributed by atoms with Crippen LogP contribution < -0.4 is 10.6 Å². The first-order valence-electron chi connectivity index (χ1n) is 7.51. The van der Waals surface area contributed by atoms with E-state index in [-0.39, 0.29) is 0 Å². The molecule has 2 N–H and O–H groups in total. The lowest BCUT2D eigenvalue weighted by atomic mass is 9.69. The molecule has 3 fully saturated rings. The van der Waals surface area contributed by atoms with E-state index in [1.54, 1.807) is 0 Å². The summed E-state index contributed by atoms with van der Waals surface area (Å²) in [5, 5.41) is 7.48. The molecule has 2 heteroatoms. The van der Waals surface area contributed by atoms with Gasteiger partial charge >= 0.3 is 0 Å². The molecule has 0 aromatic rings. The number of fused-ring (bicyclic) bond motifs is 2. The zero-order chi connectivity index (χ0) is 12.1. The molecular weight excluding hydrogens is 208 g/mol. The quantitative estimate of drug-likeness (QED) is 0.787. The highest BCUT2D eigenvalue weighted by atomic mass is 15.0. The summed E-state index contributed by atoms with van der Waals surface area (Å²) in [7, 11) is 0. The van der Waals surface area contributed by atoms with E-state index in [1.807, 2.05) is 0 Å². The van der Waals surface area contributed by atoms with Crippen LogP contribution in [-0.4, -0.2) is 25.2 Å². The topological polar surface area (TPSA) is 24.1 Å². The molecule has 0 aromatic heterocycles. The summed E-state index contributed by atoms with van der Waals surface area (Å²) in [6.07, 6.45) is 7.03. The standard InChI is InChI=1S/C15H28N2/c1-14(2)11-6-7-15(14,3)13(9-11)17-10-12-5-4-8-16-12/h11-13,16-17H,4-10H2,1-3H3/t11-,12-,13-,15+/m1/s1. The van der Waals surface area contributed by atoms with Gasteiger partial charge < -0.3 is 10.6 Å². The van der Waals surface area contributed by atoms with Crippen LogP contribution in [0.4, 0.5) is 0 Å². The Morgan fingerprint density at radius 1 is 1.24 bits per heavy atom. The molecule has 2 bridgehead atoms. The van der Waals surface area contributed by atoms with E-state index in [0.717, 1.165) is 18.0 Å². The van der Waals surface area contributed by atoms with Crippen molar-refractivity contribution < 1.29 is 0 Å². The van der Waals surface area contributed by atoms with Crippen LogP contribution in [0.15, 0.2) is 0 Å². The van der Waals surface area contributed by atoms with Gasteiger partial charge in [-0.25, -0.2) is 0 Å². The van der Waals surface area contributed by atoms with Crippen LogP contribution in [0.2, 0.25) is 0 Å². The highest BCUT2D eigenvalue weighted by Crippen LogP contribution is 2.65. The fourth-order valence-electron chi connectivity index (χ4n) is 4.73. The lowest BCUT2D eigenvalue weighted by molar-refractivity contribution is 0.120. The van der Waals surface area contributed by atoms with Crippen molar-refractivity contribution in [2.75, 3.05) is 13.1 Å². The molecular formula is C15H28N2. The van der Waals surface area contributed by atoms with Gasteiger partial charge in [0.15, 0.2) is 0 Å². The van der Waals surface area contributed by atoms with E-state index in [4.69, 9.17) is 0 Å². The number of rotatable bonds is 3. The third-order valence-electron chi connectivity index (χ3n) is 6.57. The molecule has 1 heterocycles. The third-order valence-corrected chi connectivity index (χ3v) is 6.57. The van der Waals surface area contributed by atoms with Crippen LogP contribution in [0, 0.1) is 16.7 Å². The van der Waals surface area contributed by atoms with E-state index in [9.17, 15) is 0 Å². The first-order chi connectivity index (χ1) is 8.04. The van der Waals surface area contributed by atoms with Crippen molar-refractivity contribution in [3.63, 3.8) is 0 Å². The van der Waals surface area contributed by atoms with Crippen molar-refractivity contribution in [1.82, 2.24) is 10.6 Å². The van der Waals surface area contributed by atoms with Crippen LogP contribution in [0.25, 0.3) is 0 Å². The Kier molecular flexibility index (Phi) is 2.79. The zero-order valence-corrected chi connectivity index (χ0v) is 11.7. The fraction of sp³-hybridized carbons (Fsp3) is 1.00. The van der Waals surface area contributed by atoms with Crippen LogP contribution in [0.1, 0.15) is 52.9 Å². The van der Waals surface area contributed by atoms with Gasteiger partial charge in [-0.3, -0.25) is 0 Å². The summed E-state index contributed by atoms with van der Waals surface area (Å²) in [5.74, 6) is 0.960. The summed E-state index contributed by atoms with van der Waals surface area (Å²) in [4.78, 5) is 0. The van der Waals surface area contributed by atoms with Gasteiger partial charge in [-0.05, 0) is 55.4 Å². The molecule has 0 amide bonds. The van der Waals surface area contributed by atoms with Crippen LogP contribution in [0.5, 0.6) is 0 Å². The first-order valence-corrected chi connectivity index (χ1v) is 7.51. The molecule has 2 nitrogen and oxygen atoms in total. The van der Waals surface area contributed by atoms with Gasteiger partial charge in [0.2, 0.25) is 0 Å². The van der Waals surface area contributed by atoms with E-state index < -0.39 is 0 Å². The molecule has 0 aromatic carbocycles. The Balaban J connectivity index is 1.62. The van der Waals surface area contributed by atoms with Crippen molar-refractivity contribution in [2.24, 2.45) is 16.7 Å². The summed E-state index contributed by atoms with van der Waals surface area (Å²) in [5.41, 5.74) is 1.09. The van der Waals surface area contributed by atoms with Gasteiger partial charge in [-0.15, -0.1) is 0 Å². The average molecular weight is 236 g/mol. The number of hydrogen-bond acceptors (Lipinski definition) is 2. The van der Waals surface area contributed by atoms with Crippen molar-refractivity contribution in [1.29, 1.82) is 0 Å². The minimum atomic E-state index is 0.538. The zero-order valence-electron chi connectivity index (χ0n) is 11.7. The maximum absolute atomic E-state index is 3.89. The second-order valence-corrected chi connectivity index (χ2v) is 7.36. The minimum absolute atomic E-state index is 0.538. The largest absolute Gasteiger partial charge is 0.313 e. The summed E-state index contributed by atoms with van der Waals surface area (Å²) < 4.78 is 0. The molecule has 1 aliphatic heterocycles. The predicted octanol–water partition coefficient (Wildman–Crippen LogP) is 2.54. The van der Waals surface area contributed by atoms with Gasteiger partial charge in [0, 0.05) is 18.6 Å². The Bertz CT molecular complexity index is 293. The highest BCUT2D eigenvalue weighted by molar-refractivity contribution is 5.13. The van der Waals surface area contributed by atoms with Crippen molar-refractivity contribution in [3.05, 3.63) is 0 Å². The molecule has 0 unspecified atom stereocenters. The van der Waals surface area contributed by atoms with Crippen molar-refractivity contribution >= 4 is 0 Å². The summed E-state index contributed by atoms with van der Waals surface area (Å²) >= 11 is 0. The van der Waals surface area contributed by atoms with Gasteiger partial charge in [0.1, 0.15) is 0 Å². The Labute approximate surface area is 106 Å². The molecule has 2 saturated carbocycles. The van der Waals surface area contributed by atoms with Crippen LogP contribution in [0.3, 0.4) is 0 Å². The van der Waals surface area contributed by atoms with E-state index in [0.29, 0.717) is 10.8 Å². The molecule has 0 spiro atoms. The SMILES string of the molecule is CC1(C)[C@@H]2CC[C@@]1(C)[C@H](NC[C@H]1CCCN1)C2. The second kappa shape index (κ2) is 3.96. The maximum atomic E-state index is 3.89. The Hall–Kier alpha value is -0.0800. The number of nitrogens with one attached hydrogen (secondary N) is 2. The Morgan fingerprint density at radius 3 is 2.59 bits per heavy atom. The van der Waals surface area contributed by atoms with Crippen LogP contribution >= 0.6 is 0 Å². The molecule has 4 atom stereocenters. The van der Waals surface area contributed by atoms with Crippen LogP contribution in [-0.2, 0) is 0 Å². The first kappa shape index (κ1) is 12.0. The number of hydrogen-bond donors (Lipinski definition) is 2. The molecule has 0 radical (unpaired) electrons. The normalized spacial score (nSPS) is 47.8. The Morgan fingerprint density at radius 2 is 2.06 bits per heavy atom. The van der Waals surface area contributed by atoms with E-state index >= 15 is 0 Å². The molecule has 17 heavy (non-hydrogen) atoms. The highest BCUT2D eigenvalue weighted by Gasteiger charge is 2.60. The lowest BCUT2D eigenvalue weighted by Gasteiger charge is -2.40. The van der Waals surface area contributed by atoms with E-state index in [1.165, 1.54) is 45.2 Å². The van der Waals surface area contributed by atoms with E-state index in [2.05, 4.69) is 31.4 Å². The maximum Gasteiger partial charge on any atom is 0.0193 e. The molecule has 3 aliphatic rings. The van der Waals surface area contributed by atoms with Gasteiger partial charge in [0.05, 0.1) is 0 Å². The summed E-state index contributed by atoms with van der Waals surface area (Å²) in [6.45, 7) is 9.94. The molecule has 98 valence electrons. The van der Waals surface area contributed by atoms with Gasteiger partial charge in [-0.1, -0.05) is 20.8 Å². The van der Waals surface area contributed by atoms with Gasteiger partial charge in [0.25, 0.3) is 0 Å².